The zero-order valence-corrected chi connectivity index (χ0v) is 16.7. The van der Waals surface area contributed by atoms with Crippen LogP contribution in [-0.2, 0) is 19.6 Å². The maximum absolute atomic E-state index is 12.6. The van der Waals surface area contributed by atoms with Gasteiger partial charge >= 0.3 is 5.97 Å². The minimum absolute atomic E-state index is 0.0919. The van der Waals surface area contributed by atoms with Crippen molar-refractivity contribution in [3.8, 4) is 5.75 Å². The molecule has 28 heavy (non-hydrogen) atoms. The summed E-state index contributed by atoms with van der Waals surface area (Å²) in [6, 6.07) is 11.8. The van der Waals surface area contributed by atoms with E-state index in [2.05, 4.69) is 4.72 Å². The Bertz CT molecular complexity index is 1070. The van der Waals surface area contributed by atoms with Crippen molar-refractivity contribution in [2.45, 2.75) is 18.7 Å². The molecule has 0 unspecified atom stereocenters. The Hall–Kier alpha value is -3.06. The molecule has 1 aliphatic carbocycles. The van der Waals surface area contributed by atoms with Gasteiger partial charge in [-0.3, -0.25) is 4.72 Å². The van der Waals surface area contributed by atoms with Gasteiger partial charge in [-0.15, -0.1) is 0 Å². The lowest BCUT2D eigenvalue weighted by Gasteiger charge is -2.10. The lowest BCUT2D eigenvalue weighted by atomic mass is 10.0. The summed E-state index contributed by atoms with van der Waals surface area (Å²) in [5, 5.41) is 0. The summed E-state index contributed by atoms with van der Waals surface area (Å²) >= 11 is 0. The SMILES string of the molecule is CCOC(=O)C1=Cc2ccc(C)cc2/C1=C\NS(=O)(=O)c1ccc(OC)cc1. The van der Waals surface area contributed by atoms with Crippen LogP contribution in [0.5, 0.6) is 5.75 Å². The molecule has 146 valence electrons. The van der Waals surface area contributed by atoms with Crippen LogP contribution in [0, 0.1) is 6.92 Å². The van der Waals surface area contributed by atoms with E-state index in [1.54, 1.807) is 25.1 Å². The van der Waals surface area contributed by atoms with E-state index in [0.717, 1.165) is 16.7 Å². The van der Waals surface area contributed by atoms with Gasteiger partial charge in [0.15, 0.2) is 0 Å². The Labute approximate surface area is 164 Å². The standard InChI is InChI=1S/C21H21NO5S/c1-4-27-21(23)19-12-15-6-5-14(2)11-18(15)20(19)13-22-28(24,25)17-9-7-16(26-3)8-10-17/h5-13,22H,4H2,1-3H3/b20-13+. The molecule has 0 radical (unpaired) electrons. The number of esters is 1. The molecule has 0 aliphatic heterocycles. The number of carbonyl (C=O) groups is 1. The molecule has 0 spiro atoms. The second-order valence-corrected chi connectivity index (χ2v) is 7.94. The first-order valence-electron chi connectivity index (χ1n) is 8.72. The molecule has 0 aromatic heterocycles. The fourth-order valence-corrected chi connectivity index (χ4v) is 3.80. The van der Waals surface area contributed by atoms with Crippen molar-refractivity contribution in [2.75, 3.05) is 13.7 Å². The molecule has 6 nitrogen and oxygen atoms in total. The highest BCUT2D eigenvalue weighted by Crippen LogP contribution is 2.36. The summed E-state index contributed by atoms with van der Waals surface area (Å²) in [5.41, 5.74) is 3.42. The minimum Gasteiger partial charge on any atom is -0.497 e. The second-order valence-electron chi connectivity index (χ2n) is 6.22. The van der Waals surface area contributed by atoms with Crippen LogP contribution in [0.15, 0.2) is 59.1 Å². The summed E-state index contributed by atoms with van der Waals surface area (Å²) in [5.74, 6) is 0.0660. The van der Waals surface area contributed by atoms with Crippen LogP contribution in [0.25, 0.3) is 11.6 Å². The van der Waals surface area contributed by atoms with E-state index in [9.17, 15) is 13.2 Å². The number of fused-ring (bicyclic) bond motifs is 1. The first kappa shape index (κ1) is 19.7. The molecule has 1 N–H and O–H groups in total. The topological polar surface area (TPSA) is 81.7 Å². The number of hydrogen-bond acceptors (Lipinski definition) is 5. The van der Waals surface area contributed by atoms with Gasteiger partial charge in [-0.05, 0) is 55.3 Å². The van der Waals surface area contributed by atoms with Crippen molar-refractivity contribution in [1.82, 2.24) is 4.72 Å². The number of sulfonamides is 1. The van der Waals surface area contributed by atoms with Crippen LogP contribution in [0.1, 0.15) is 23.6 Å². The first-order chi connectivity index (χ1) is 13.4. The van der Waals surface area contributed by atoms with Crippen LogP contribution in [0.2, 0.25) is 0 Å². The number of benzene rings is 2. The van der Waals surface area contributed by atoms with Gasteiger partial charge in [-0.25, -0.2) is 13.2 Å². The van der Waals surface area contributed by atoms with E-state index in [-0.39, 0.29) is 11.5 Å². The van der Waals surface area contributed by atoms with E-state index < -0.39 is 16.0 Å². The third kappa shape index (κ3) is 3.94. The van der Waals surface area contributed by atoms with Crippen LogP contribution in [0.4, 0.5) is 0 Å². The van der Waals surface area contributed by atoms with Crippen LogP contribution in [-0.4, -0.2) is 28.1 Å². The van der Waals surface area contributed by atoms with Gasteiger partial charge in [-0.1, -0.05) is 23.8 Å². The fourth-order valence-electron chi connectivity index (χ4n) is 2.90. The highest BCUT2D eigenvalue weighted by molar-refractivity contribution is 7.89. The Morgan fingerprint density at radius 1 is 1.14 bits per heavy atom. The number of nitrogens with one attached hydrogen (secondary N) is 1. The second kappa shape index (κ2) is 7.90. The molecule has 0 fully saturated rings. The largest absolute Gasteiger partial charge is 0.497 e. The Morgan fingerprint density at radius 3 is 2.50 bits per heavy atom. The van der Waals surface area contributed by atoms with Gasteiger partial charge in [0.05, 0.1) is 24.2 Å². The van der Waals surface area contributed by atoms with Gasteiger partial charge in [0.25, 0.3) is 10.0 Å². The molecule has 0 bridgehead atoms. The molecular formula is C21H21NO5S. The number of carbonyl (C=O) groups excluding carboxylic acids is 1. The van der Waals surface area contributed by atoms with E-state index in [0.29, 0.717) is 16.9 Å². The first-order valence-corrected chi connectivity index (χ1v) is 10.2. The van der Waals surface area contributed by atoms with Gasteiger partial charge in [0.2, 0.25) is 0 Å². The monoisotopic (exact) mass is 399 g/mol. The Kier molecular flexibility index (Phi) is 5.56. The molecule has 1 aliphatic rings. The zero-order chi connectivity index (χ0) is 20.3. The third-order valence-electron chi connectivity index (χ3n) is 4.31. The number of aryl methyl sites for hydroxylation is 1. The molecule has 0 saturated heterocycles. The molecule has 0 amide bonds. The number of ether oxygens (including phenoxy) is 2. The summed E-state index contributed by atoms with van der Waals surface area (Å²) in [4.78, 5) is 12.4. The molecule has 0 atom stereocenters. The smallest absolute Gasteiger partial charge is 0.338 e. The van der Waals surface area contributed by atoms with E-state index in [1.807, 2.05) is 25.1 Å². The molecule has 3 rings (SSSR count). The lowest BCUT2D eigenvalue weighted by molar-refractivity contribution is -0.137. The molecule has 0 saturated carbocycles. The predicted molar refractivity (Wildman–Crippen MR) is 107 cm³/mol. The van der Waals surface area contributed by atoms with Gasteiger partial charge < -0.3 is 9.47 Å². The summed E-state index contributed by atoms with van der Waals surface area (Å²) in [6.07, 6.45) is 3.05. The molecule has 7 heteroatoms. The zero-order valence-electron chi connectivity index (χ0n) is 15.9. The minimum atomic E-state index is -3.81. The maximum Gasteiger partial charge on any atom is 0.338 e. The fraction of sp³-hybridized carbons (Fsp3) is 0.190. The molecular weight excluding hydrogens is 378 g/mol. The summed E-state index contributed by atoms with van der Waals surface area (Å²) < 4.78 is 37.9. The predicted octanol–water partition coefficient (Wildman–Crippen LogP) is 3.28. The van der Waals surface area contributed by atoms with Crippen LogP contribution < -0.4 is 9.46 Å². The number of hydrogen-bond donors (Lipinski definition) is 1. The average Bonchev–Trinajstić information content (AvgIpc) is 3.04. The van der Waals surface area contributed by atoms with Crippen molar-refractivity contribution >= 4 is 27.6 Å². The summed E-state index contributed by atoms with van der Waals surface area (Å²) in [7, 11) is -2.30. The van der Waals surface area contributed by atoms with Gasteiger partial charge in [0, 0.05) is 11.8 Å². The number of rotatable bonds is 6. The quantitative estimate of drug-likeness (QED) is 0.754. The van der Waals surface area contributed by atoms with Gasteiger partial charge in [0.1, 0.15) is 5.75 Å². The lowest BCUT2D eigenvalue weighted by Crippen LogP contribution is -2.19. The Balaban J connectivity index is 1.96. The van der Waals surface area contributed by atoms with Crippen molar-refractivity contribution < 1.29 is 22.7 Å². The molecule has 2 aromatic carbocycles. The van der Waals surface area contributed by atoms with E-state index in [1.165, 1.54) is 25.4 Å². The highest BCUT2D eigenvalue weighted by Gasteiger charge is 2.26. The average molecular weight is 399 g/mol. The molecule has 0 heterocycles. The van der Waals surface area contributed by atoms with Crippen molar-refractivity contribution in [3.05, 3.63) is 70.9 Å². The van der Waals surface area contributed by atoms with E-state index >= 15 is 0 Å². The van der Waals surface area contributed by atoms with E-state index in [4.69, 9.17) is 9.47 Å². The van der Waals surface area contributed by atoms with Crippen molar-refractivity contribution in [2.24, 2.45) is 0 Å². The van der Waals surface area contributed by atoms with Crippen LogP contribution in [0.3, 0.4) is 0 Å². The van der Waals surface area contributed by atoms with Crippen molar-refractivity contribution in [3.63, 3.8) is 0 Å². The summed E-state index contributed by atoms with van der Waals surface area (Å²) in [6.45, 7) is 3.89. The number of methoxy groups -OCH3 is 1. The highest BCUT2D eigenvalue weighted by atomic mass is 32.2. The third-order valence-corrected chi connectivity index (χ3v) is 5.63. The Morgan fingerprint density at radius 2 is 1.86 bits per heavy atom. The van der Waals surface area contributed by atoms with Crippen molar-refractivity contribution in [1.29, 1.82) is 0 Å². The van der Waals surface area contributed by atoms with Gasteiger partial charge in [-0.2, -0.15) is 0 Å². The normalized spacial score (nSPS) is 14.4. The maximum atomic E-state index is 12.6. The van der Waals surface area contributed by atoms with Crippen LogP contribution >= 0.6 is 0 Å². The molecule has 2 aromatic rings.